The van der Waals surface area contributed by atoms with E-state index in [1.807, 2.05) is 27.8 Å². The van der Waals surface area contributed by atoms with E-state index in [0.717, 1.165) is 20.6 Å². The van der Waals surface area contributed by atoms with Crippen LogP contribution in [0.2, 0.25) is 0 Å². The highest BCUT2D eigenvalue weighted by Crippen LogP contribution is 2.31. The molecule has 1 N–H and O–H groups in total. The maximum atomic E-state index is 12.4. The Balaban J connectivity index is 2.26. The van der Waals surface area contributed by atoms with Crippen LogP contribution in [0.25, 0.3) is 0 Å². The molecule has 0 bridgehead atoms. The lowest BCUT2D eigenvalue weighted by Crippen LogP contribution is -2.26. The van der Waals surface area contributed by atoms with Crippen LogP contribution in [0.15, 0.2) is 20.3 Å². The number of halogens is 1. The van der Waals surface area contributed by atoms with Crippen molar-refractivity contribution in [3.63, 3.8) is 0 Å². The van der Waals surface area contributed by atoms with Gasteiger partial charge in [-0.3, -0.25) is 4.68 Å². The lowest BCUT2D eigenvalue weighted by Gasteiger charge is -2.13. The predicted molar refractivity (Wildman–Crippen MR) is 83.4 cm³/mol. The van der Waals surface area contributed by atoms with E-state index < -0.39 is 10.0 Å². The van der Waals surface area contributed by atoms with Crippen molar-refractivity contribution in [1.29, 1.82) is 0 Å². The summed E-state index contributed by atoms with van der Waals surface area (Å²) in [6, 6.07) is 1.34. The van der Waals surface area contributed by atoms with Gasteiger partial charge in [-0.2, -0.15) is 5.10 Å². The molecule has 2 rings (SSSR count). The van der Waals surface area contributed by atoms with Crippen molar-refractivity contribution in [3.05, 3.63) is 32.9 Å². The molecular formula is C12H16BrN3O2S2. The fraction of sp³-hybridized carbons (Fsp3) is 0.417. The second-order valence-corrected chi connectivity index (χ2v) is 8.98. The molecule has 0 spiro atoms. The standard InChI is InChI=1S/C12H16BrN3O2S2/c1-7-5-11(19-12(7)13)20(17,18)15-8(2)10-6-14-16(4)9(10)3/h5-6,8,15H,1-4H3. The van der Waals surface area contributed by atoms with Crippen molar-refractivity contribution in [2.45, 2.75) is 31.0 Å². The van der Waals surface area contributed by atoms with Crippen molar-refractivity contribution < 1.29 is 8.42 Å². The summed E-state index contributed by atoms with van der Waals surface area (Å²) in [6.07, 6.45) is 1.69. The van der Waals surface area contributed by atoms with Crippen LogP contribution in [-0.4, -0.2) is 18.2 Å². The molecule has 8 heteroatoms. The molecule has 110 valence electrons. The average molecular weight is 378 g/mol. The van der Waals surface area contributed by atoms with Gasteiger partial charge in [0.25, 0.3) is 10.0 Å². The Morgan fingerprint density at radius 2 is 2.10 bits per heavy atom. The van der Waals surface area contributed by atoms with Gasteiger partial charge in [0, 0.05) is 24.3 Å². The third-order valence-electron chi connectivity index (χ3n) is 3.17. The lowest BCUT2D eigenvalue weighted by atomic mass is 10.1. The van der Waals surface area contributed by atoms with Gasteiger partial charge in [0.05, 0.1) is 9.98 Å². The SMILES string of the molecule is Cc1cc(S(=O)(=O)NC(C)c2cnn(C)c2C)sc1Br. The van der Waals surface area contributed by atoms with Crippen LogP contribution in [0.1, 0.15) is 29.8 Å². The van der Waals surface area contributed by atoms with Crippen LogP contribution in [0.5, 0.6) is 0 Å². The van der Waals surface area contributed by atoms with Gasteiger partial charge in [-0.1, -0.05) is 0 Å². The van der Waals surface area contributed by atoms with Gasteiger partial charge in [0.15, 0.2) is 0 Å². The average Bonchev–Trinajstić information content (AvgIpc) is 2.85. The highest BCUT2D eigenvalue weighted by molar-refractivity contribution is 9.11. The van der Waals surface area contributed by atoms with E-state index >= 15 is 0 Å². The summed E-state index contributed by atoms with van der Waals surface area (Å²) in [5, 5.41) is 4.14. The van der Waals surface area contributed by atoms with Crippen molar-refractivity contribution in [3.8, 4) is 0 Å². The number of sulfonamides is 1. The van der Waals surface area contributed by atoms with Gasteiger partial charge in [-0.25, -0.2) is 13.1 Å². The number of hydrogen-bond donors (Lipinski definition) is 1. The molecule has 2 aromatic rings. The zero-order chi connectivity index (χ0) is 15.1. The van der Waals surface area contributed by atoms with Gasteiger partial charge in [0.1, 0.15) is 4.21 Å². The van der Waals surface area contributed by atoms with E-state index in [4.69, 9.17) is 0 Å². The van der Waals surface area contributed by atoms with Gasteiger partial charge in [-0.15, -0.1) is 11.3 Å². The first kappa shape index (κ1) is 15.7. The Labute approximate surface area is 131 Å². The minimum Gasteiger partial charge on any atom is -0.273 e. The topological polar surface area (TPSA) is 64.0 Å². The molecule has 0 aliphatic rings. The minimum atomic E-state index is -3.52. The summed E-state index contributed by atoms with van der Waals surface area (Å²) >= 11 is 4.56. The van der Waals surface area contributed by atoms with Gasteiger partial charge in [-0.05, 0) is 48.3 Å². The maximum Gasteiger partial charge on any atom is 0.250 e. The molecule has 0 radical (unpaired) electrons. The van der Waals surface area contributed by atoms with Gasteiger partial charge >= 0.3 is 0 Å². The highest BCUT2D eigenvalue weighted by atomic mass is 79.9. The zero-order valence-corrected chi connectivity index (χ0v) is 14.9. The first-order valence-electron chi connectivity index (χ1n) is 5.99. The fourth-order valence-electron chi connectivity index (χ4n) is 1.86. The molecule has 2 aromatic heterocycles. The molecule has 0 aromatic carbocycles. The fourth-order valence-corrected chi connectivity index (χ4v) is 5.32. The van der Waals surface area contributed by atoms with Crippen molar-refractivity contribution >= 4 is 37.3 Å². The zero-order valence-electron chi connectivity index (χ0n) is 11.6. The largest absolute Gasteiger partial charge is 0.273 e. The molecule has 0 aliphatic carbocycles. The van der Waals surface area contributed by atoms with Crippen molar-refractivity contribution in [2.75, 3.05) is 0 Å². The van der Waals surface area contributed by atoms with Crippen LogP contribution < -0.4 is 4.72 Å². The summed E-state index contributed by atoms with van der Waals surface area (Å²) in [4.78, 5) is 0. The molecule has 0 saturated carbocycles. The summed E-state index contributed by atoms with van der Waals surface area (Å²) in [5.41, 5.74) is 2.74. The summed E-state index contributed by atoms with van der Waals surface area (Å²) < 4.78 is 30.3. The molecule has 20 heavy (non-hydrogen) atoms. The Hall–Kier alpha value is -0.700. The lowest BCUT2D eigenvalue weighted by molar-refractivity contribution is 0.568. The summed E-state index contributed by atoms with van der Waals surface area (Å²) in [7, 11) is -1.68. The van der Waals surface area contributed by atoms with E-state index in [0.29, 0.717) is 4.21 Å². The third kappa shape index (κ3) is 2.98. The van der Waals surface area contributed by atoms with E-state index in [1.165, 1.54) is 11.3 Å². The number of rotatable bonds is 4. The van der Waals surface area contributed by atoms with E-state index in [-0.39, 0.29) is 6.04 Å². The van der Waals surface area contributed by atoms with Crippen molar-refractivity contribution in [2.24, 2.45) is 7.05 Å². The highest BCUT2D eigenvalue weighted by Gasteiger charge is 2.23. The molecule has 0 fully saturated rings. The molecule has 1 unspecified atom stereocenters. The molecule has 0 aliphatic heterocycles. The second kappa shape index (κ2) is 5.59. The number of aryl methyl sites for hydroxylation is 2. The minimum absolute atomic E-state index is 0.315. The molecular weight excluding hydrogens is 362 g/mol. The number of nitrogens with one attached hydrogen (secondary N) is 1. The Morgan fingerprint density at radius 1 is 1.45 bits per heavy atom. The van der Waals surface area contributed by atoms with Crippen LogP contribution in [0, 0.1) is 13.8 Å². The Bertz CT molecular complexity index is 714. The Kier molecular flexibility index (Phi) is 4.38. The van der Waals surface area contributed by atoms with Crippen LogP contribution in [0.4, 0.5) is 0 Å². The van der Waals surface area contributed by atoms with Crippen molar-refractivity contribution in [1.82, 2.24) is 14.5 Å². The van der Waals surface area contributed by atoms with Crippen LogP contribution >= 0.6 is 27.3 Å². The summed E-state index contributed by atoms with van der Waals surface area (Å²) in [5.74, 6) is 0. The second-order valence-electron chi connectivity index (χ2n) is 4.67. The molecule has 0 saturated heterocycles. The summed E-state index contributed by atoms with van der Waals surface area (Å²) in [6.45, 7) is 5.60. The molecule has 1 atom stereocenters. The quantitative estimate of drug-likeness (QED) is 0.890. The monoisotopic (exact) mass is 377 g/mol. The normalized spacial score (nSPS) is 13.7. The van der Waals surface area contributed by atoms with Crippen LogP contribution in [0.3, 0.4) is 0 Å². The predicted octanol–water partition coefficient (Wildman–Crippen LogP) is 2.90. The van der Waals surface area contributed by atoms with Gasteiger partial charge in [0.2, 0.25) is 0 Å². The first-order chi connectivity index (χ1) is 9.22. The van der Waals surface area contributed by atoms with Gasteiger partial charge < -0.3 is 0 Å². The Morgan fingerprint density at radius 3 is 2.55 bits per heavy atom. The third-order valence-corrected chi connectivity index (χ3v) is 7.32. The van der Waals surface area contributed by atoms with E-state index in [9.17, 15) is 8.42 Å². The number of hydrogen-bond acceptors (Lipinski definition) is 4. The number of aromatic nitrogens is 2. The first-order valence-corrected chi connectivity index (χ1v) is 9.08. The maximum absolute atomic E-state index is 12.4. The van der Waals surface area contributed by atoms with Crippen LogP contribution in [-0.2, 0) is 17.1 Å². The van der Waals surface area contributed by atoms with E-state index in [1.54, 1.807) is 16.9 Å². The number of nitrogens with zero attached hydrogens (tertiary/aromatic N) is 2. The molecule has 5 nitrogen and oxygen atoms in total. The number of thiophene rings is 1. The smallest absolute Gasteiger partial charge is 0.250 e. The van der Waals surface area contributed by atoms with E-state index in [2.05, 4.69) is 25.8 Å². The molecule has 2 heterocycles. The molecule has 0 amide bonds.